The highest BCUT2D eigenvalue weighted by Crippen LogP contribution is 2.12. The van der Waals surface area contributed by atoms with Crippen LogP contribution in [0.4, 0.5) is 0 Å². The molecule has 0 aliphatic heterocycles. The summed E-state index contributed by atoms with van der Waals surface area (Å²) >= 11 is 0. The van der Waals surface area contributed by atoms with Gasteiger partial charge in [0.15, 0.2) is 0 Å². The molecule has 3 heteroatoms. The number of ketones is 1. The summed E-state index contributed by atoms with van der Waals surface area (Å²) in [4.78, 5) is 22.2. The summed E-state index contributed by atoms with van der Waals surface area (Å²) in [6, 6.07) is 0. The van der Waals surface area contributed by atoms with Gasteiger partial charge in [0.25, 0.3) is 0 Å². The third-order valence-corrected chi connectivity index (χ3v) is 2.26. The molecule has 0 amide bonds. The second-order valence-corrected chi connectivity index (χ2v) is 3.58. The SMILES string of the molecule is CCC/C=C/CC(CC(=O)OC)C(C)=O. The highest BCUT2D eigenvalue weighted by Gasteiger charge is 2.17. The van der Waals surface area contributed by atoms with E-state index in [-0.39, 0.29) is 24.1 Å². The molecule has 1 unspecified atom stereocenters. The molecular formula is C12H20O3. The van der Waals surface area contributed by atoms with E-state index in [0.717, 1.165) is 12.8 Å². The van der Waals surface area contributed by atoms with Crippen LogP contribution in [0.25, 0.3) is 0 Å². The van der Waals surface area contributed by atoms with Crippen molar-refractivity contribution in [1.29, 1.82) is 0 Å². The first-order chi connectivity index (χ1) is 7.11. The number of carbonyl (C=O) groups is 2. The summed E-state index contributed by atoms with van der Waals surface area (Å²) in [6.07, 6.45) is 6.94. The van der Waals surface area contributed by atoms with Crippen LogP contribution in [0.2, 0.25) is 0 Å². The molecule has 0 aliphatic rings. The zero-order chi connectivity index (χ0) is 11.7. The van der Waals surface area contributed by atoms with Crippen LogP contribution in [0.5, 0.6) is 0 Å². The van der Waals surface area contributed by atoms with Crippen molar-refractivity contribution in [3.63, 3.8) is 0 Å². The minimum atomic E-state index is -0.320. The quantitative estimate of drug-likeness (QED) is 0.481. The number of unbranched alkanes of at least 4 members (excludes halogenated alkanes) is 1. The Kier molecular flexibility index (Phi) is 7.60. The lowest BCUT2D eigenvalue weighted by Crippen LogP contribution is -2.16. The van der Waals surface area contributed by atoms with Gasteiger partial charge in [0.2, 0.25) is 0 Å². The number of methoxy groups -OCH3 is 1. The van der Waals surface area contributed by atoms with E-state index in [1.165, 1.54) is 14.0 Å². The van der Waals surface area contributed by atoms with E-state index in [4.69, 9.17) is 0 Å². The van der Waals surface area contributed by atoms with E-state index in [0.29, 0.717) is 6.42 Å². The van der Waals surface area contributed by atoms with Crippen LogP contribution in [-0.4, -0.2) is 18.9 Å². The van der Waals surface area contributed by atoms with Gasteiger partial charge in [-0.05, 0) is 19.8 Å². The van der Waals surface area contributed by atoms with Crippen molar-refractivity contribution in [3.8, 4) is 0 Å². The summed E-state index contributed by atoms with van der Waals surface area (Å²) in [5, 5.41) is 0. The van der Waals surface area contributed by atoms with E-state index < -0.39 is 0 Å². The third-order valence-electron chi connectivity index (χ3n) is 2.26. The van der Waals surface area contributed by atoms with Crippen LogP contribution < -0.4 is 0 Å². The molecule has 0 bridgehead atoms. The first-order valence-electron chi connectivity index (χ1n) is 5.34. The summed E-state index contributed by atoms with van der Waals surface area (Å²) in [5.41, 5.74) is 0. The number of hydrogen-bond acceptors (Lipinski definition) is 3. The van der Waals surface area contributed by atoms with Crippen molar-refractivity contribution >= 4 is 11.8 Å². The number of ether oxygens (including phenoxy) is 1. The molecule has 0 N–H and O–H groups in total. The lowest BCUT2D eigenvalue weighted by Gasteiger charge is -2.09. The van der Waals surface area contributed by atoms with E-state index in [1.54, 1.807) is 0 Å². The number of carbonyl (C=O) groups excluding carboxylic acids is 2. The molecule has 0 aliphatic carbocycles. The van der Waals surface area contributed by atoms with Gasteiger partial charge < -0.3 is 4.74 Å². The van der Waals surface area contributed by atoms with Gasteiger partial charge in [-0.25, -0.2) is 0 Å². The summed E-state index contributed by atoms with van der Waals surface area (Å²) in [5.74, 6) is -0.508. The number of hydrogen-bond donors (Lipinski definition) is 0. The zero-order valence-electron chi connectivity index (χ0n) is 9.79. The van der Waals surface area contributed by atoms with Crippen LogP contribution in [0.15, 0.2) is 12.2 Å². The Bertz CT molecular complexity index is 231. The number of esters is 1. The molecule has 1 atom stereocenters. The van der Waals surface area contributed by atoms with Crippen molar-refractivity contribution in [1.82, 2.24) is 0 Å². The predicted octanol–water partition coefficient (Wildman–Crippen LogP) is 2.50. The third kappa shape index (κ3) is 6.89. The monoisotopic (exact) mass is 212 g/mol. The molecule has 15 heavy (non-hydrogen) atoms. The number of Topliss-reactive ketones (excluding diaryl/α,β-unsaturated/α-hetero) is 1. The van der Waals surface area contributed by atoms with Gasteiger partial charge in [0.05, 0.1) is 13.5 Å². The predicted molar refractivity (Wildman–Crippen MR) is 59.5 cm³/mol. The van der Waals surface area contributed by atoms with E-state index in [9.17, 15) is 9.59 Å². The van der Waals surface area contributed by atoms with Gasteiger partial charge in [0, 0.05) is 5.92 Å². The molecule has 0 aromatic heterocycles. The van der Waals surface area contributed by atoms with Crippen LogP contribution in [-0.2, 0) is 14.3 Å². The van der Waals surface area contributed by atoms with Crippen LogP contribution in [0.3, 0.4) is 0 Å². The van der Waals surface area contributed by atoms with Crippen molar-refractivity contribution < 1.29 is 14.3 Å². The fourth-order valence-corrected chi connectivity index (χ4v) is 1.22. The van der Waals surface area contributed by atoms with Crippen molar-refractivity contribution in [3.05, 3.63) is 12.2 Å². The first kappa shape index (κ1) is 13.9. The molecule has 86 valence electrons. The minimum Gasteiger partial charge on any atom is -0.469 e. The van der Waals surface area contributed by atoms with Crippen LogP contribution in [0, 0.1) is 5.92 Å². The number of rotatable bonds is 7. The maximum Gasteiger partial charge on any atom is 0.306 e. The van der Waals surface area contributed by atoms with Crippen molar-refractivity contribution in [2.45, 2.75) is 39.5 Å². The van der Waals surface area contributed by atoms with E-state index in [1.807, 2.05) is 12.2 Å². The smallest absolute Gasteiger partial charge is 0.306 e. The second-order valence-electron chi connectivity index (χ2n) is 3.58. The molecule has 0 rings (SSSR count). The molecule has 0 saturated carbocycles. The lowest BCUT2D eigenvalue weighted by molar-refractivity contribution is -0.143. The van der Waals surface area contributed by atoms with Crippen LogP contribution in [0.1, 0.15) is 39.5 Å². The first-order valence-corrected chi connectivity index (χ1v) is 5.34. The fourth-order valence-electron chi connectivity index (χ4n) is 1.22. The fraction of sp³-hybridized carbons (Fsp3) is 0.667. The highest BCUT2D eigenvalue weighted by molar-refractivity contribution is 5.83. The molecule has 0 radical (unpaired) electrons. The van der Waals surface area contributed by atoms with Gasteiger partial charge in [0.1, 0.15) is 5.78 Å². The molecule has 0 aromatic carbocycles. The average Bonchev–Trinajstić information content (AvgIpc) is 2.21. The Balaban J connectivity index is 4.05. The zero-order valence-corrected chi connectivity index (χ0v) is 9.79. The molecule has 0 heterocycles. The van der Waals surface area contributed by atoms with E-state index >= 15 is 0 Å². The van der Waals surface area contributed by atoms with Gasteiger partial charge >= 0.3 is 5.97 Å². The Morgan fingerprint density at radius 3 is 2.47 bits per heavy atom. The lowest BCUT2D eigenvalue weighted by atomic mass is 9.97. The Morgan fingerprint density at radius 2 is 2.00 bits per heavy atom. The van der Waals surface area contributed by atoms with Gasteiger partial charge in [-0.2, -0.15) is 0 Å². The largest absolute Gasteiger partial charge is 0.469 e. The second kappa shape index (κ2) is 8.21. The normalized spacial score (nSPS) is 12.7. The standard InChI is InChI=1S/C12H20O3/c1-4-5-6-7-8-11(10(2)13)9-12(14)15-3/h6-7,11H,4-5,8-9H2,1-3H3/b7-6+. The summed E-state index contributed by atoms with van der Waals surface area (Å²) < 4.78 is 4.54. The molecule has 0 saturated heterocycles. The Hall–Kier alpha value is -1.12. The van der Waals surface area contributed by atoms with Gasteiger partial charge in [-0.3, -0.25) is 9.59 Å². The van der Waals surface area contributed by atoms with E-state index in [2.05, 4.69) is 11.7 Å². The minimum absolute atomic E-state index is 0.0431. The summed E-state index contributed by atoms with van der Waals surface area (Å²) in [7, 11) is 1.34. The van der Waals surface area contributed by atoms with Crippen molar-refractivity contribution in [2.24, 2.45) is 5.92 Å². The van der Waals surface area contributed by atoms with Gasteiger partial charge in [-0.1, -0.05) is 25.5 Å². The Morgan fingerprint density at radius 1 is 1.33 bits per heavy atom. The number of allylic oxidation sites excluding steroid dienone is 2. The molecular weight excluding hydrogens is 192 g/mol. The van der Waals surface area contributed by atoms with Crippen LogP contribution >= 0.6 is 0 Å². The Labute approximate surface area is 91.5 Å². The summed E-state index contributed by atoms with van der Waals surface area (Å²) in [6.45, 7) is 3.61. The molecule has 3 nitrogen and oxygen atoms in total. The molecule has 0 fully saturated rings. The maximum atomic E-state index is 11.2. The topological polar surface area (TPSA) is 43.4 Å². The maximum absolute atomic E-state index is 11.2. The molecule has 0 spiro atoms. The average molecular weight is 212 g/mol. The highest BCUT2D eigenvalue weighted by atomic mass is 16.5. The van der Waals surface area contributed by atoms with Gasteiger partial charge in [-0.15, -0.1) is 0 Å². The molecule has 0 aromatic rings. The van der Waals surface area contributed by atoms with Crippen molar-refractivity contribution in [2.75, 3.05) is 7.11 Å².